The highest BCUT2D eigenvalue weighted by Crippen LogP contribution is 2.41. The van der Waals surface area contributed by atoms with Crippen LogP contribution in [0.15, 0.2) is 60.5 Å². The number of ether oxygens (including phenoxy) is 2. The van der Waals surface area contributed by atoms with Crippen molar-refractivity contribution in [2.24, 2.45) is 0 Å². The number of fused-ring (bicyclic) bond motifs is 6. The first-order valence-corrected chi connectivity index (χ1v) is 9.07. The average Bonchev–Trinajstić information content (AvgIpc) is 3.33. The van der Waals surface area contributed by atoms with E-state index in [9.17, 15) is 0 Å². The zero-order chi connectivity index (χ0) is 16.4. The number of hydrogen-bond acceptors (Lipinski definition) is 4. The summed E-state index contributed by atoms with van der Waals surface area (Å²) >= 11 is 0. The van der Waals surface area contributed by atoms with Crippen LogP contribution >= 0.6 is 0 Å². The molecule has 126 valence electrons. The molecular formula is C21H20N2O2. The predicted molar refractivity (Wildman–Crippen MR) is 93.7 cm³/mol. The number of hydrogen-bond donors (Lipinski definition) is 2. The van der Waals surface area contributed by atoms with Crippen molar-refractivity contribution in [1.29, 1.82) is 0 Å². The van der Waals surface area contributed by atoms with Gasteiger partial charge >= 0.3 is 0 Å². The second kappa shape index (κ2) is 5.10. The Balaban J connectivity index is 1.20. The van der Waals surface area contributed by atoms with E-state index in [1.807, 2.05) is 0 Å². The Bertz CT molecular complexity index is 878. The number of nitrogens with one attached hydrogen (secondary N) is 2. The van der Waals surface area contributed by atoms with Crippen molar-refractivity contribution in [3.63, 3.8) is 0 Å². The molecule has 2 aromatic carbocycles. The SMILES string of the molecule is C(=C1N[C@@H]2c3ccccc3C[C@@H]2O1)C1N[C@@H]2c3ccccc3C[C@@H]2O1. The molecule has 5 atom stereocenters. The Morgan fingerprint density at radius 1 is 0.840 bits per heavy atom. The zero-order valence-corrected chi connectivity index (χ0v) is 13.8. The van der Waals surface area contributed by atoms with Crippen LogP contribution in [0.25, 0.3) is 0 Å². The molecule has 2 fully saturated rings. The van der Waals surface area contributed by atoms with Crippen molar-refractivity contribution >= 4 is 0 Å². The van der Waals surface area contributed by atoms with E-state index in [2.05, 4.69) is 65.2 Å². The molecule has 4 nitrogen and oxygen atoms in total. The Hall–Kier alpha value is -2.30. The van der Waals surface area contributed by atoms with Crippen molar-refractivity contribution < 1.29 is 9.47 Å². The standard InChI is InChI=1S/C21H20N2O2/c1-3-7-14-12(5-1)9-16-20(14)22-18(24-16)11-19-23-21-15-8-4-2-6-13(15)10-17(21)25-19/h1-8,11,16-18,20-23H,9-10H2/t16-,17-,18?,20+,21+/m0/s1. The first-order valence-electron chi connectivity index (χ1n) is 9.07. The molecule has 0 spiro atoms. The molecule has 0 saturated carbocycles. The van der Waals surface area contributed by atoms with Gasteiger partial charge in [-0.05, 0) is 22.3 Å². The van der Waals surface area contributed by atoms with Crippen LogP contribution in [0.3, 0.4) is 0 Å². The zero-order valence-electron chi connectivity index (χ0n) is 13.8. The van der Waals surface area contributed by atoms with E-state index in [1.165, 1.54) is 22.3 Å². The molecule has 2 saturated heterocycles. The minimum absolute atomic E-state index is 0.0973. The molecule has 0 bridgehead atoms. The third-order valence-corrected chi connectivity index (χ3v) is 5.91. The van der Waals surface area contributed by atoms with E-state index >= 15 is 0 Å². The molecule has 2 aromatic rings. The fourth-order valence-electron chi connectivity index (χ4n) is 4.79. The van der Waals surface area contributed by atoms with Gasteiger partial charge in [-0.2, -0.15) is 0 Å². The van der Waals surface area contributed by atoms with Gasteiger partial charge in [-0.25, -0.2) is 0 Å². The maximum Gasteiger partial charge on any atom is 0.187 e. The summed E-state index contributed by atoms with van der Waals surface area (Å²) in [4.78, 5) is 0. The molecule has 1 unspecified atom stereocenters. The number of rotatable bonds is 1. The van der Waals surface area contributed by atoms with E-state index in [4.69, 9.17) is 9.47 Å². The fraction of sp³-hybridized carbons (Fsp3) is 0.333. The molecule has 0 amide bonds. The molecule has 4 aliphatic rings. The van der Waals surface area contributed by atoms with Crippen molar-refractivity contribution in [1.82, 2.24) is 10.6 Å². The number of benzene rings is 2. The lowest BCUT2D eigenvalue weighted by molar-refractivity contribution is 0.0636. The van der Waals surface area contributed by atoms with E-state index in [0.717, 1.165) is 18.7 Å². The maximum atomic E-state index is 6.21. The van der Waals surface area contributed by atoms with Gasteiger partial charge in [0.15, 0.2) is 5.88 Å². The van der Waals surface area contributed by atoms with E-state index in [1.54, 1.807) is 0 Å². The van der Waals surface area contributed by atoms with Gasteiger partial charge in [0, 0.05) is 18.9 Å². The van der Waals surface area contributed by atoms with Gasteiger partial charge in [0.25, 0.3) is 0 Å². The van der Waals surface area contributed by atoms with Crippen molar-refractivity contribution in [3.05, 3.63) is 82.7 Å². The Kier molecular flexibility index (Phi) is 2.84. The third-order valence-electron chi connectivity index (χ3n) is 5.91. The molecule has 0 radical (unpaired) electrons. The fourth-order valence-corrected chi connectivity index (χ4v) is 4.79. The third kappa shape index (κ3) is 2.08. The van der Waals surface area contributed by atoms with Gasteiger partial charge in [-0.3, -0.25) is 5.32 Å². The monoisotopic (exact) mass is 332 g/mol. The van der Waals surface area contributed by atoms with Crippen LogP contribution in [0.4, 0.5) is 0 Å². The highest BCUT2D eigenvalue weighted by atomic mass is 16.5. The molecule has 2 aliphatic heterocycles. The van der Waals surface area contributed by atoms with Crippen LogP contribution in [0.5, 0.6) is 0 Å². The van der Waals surface area contributed by atoms with Gasteiger partial charge in [0.1, 0.15) is 12.3 Å². The molecule has 2 N–H and O–H groups in total. The van der Waals surface area contributed by atoms with Crippen molar-refractivity contribution in [2.45, 2.75) is 43.4 Å². The van der Waals surface area contributed by atoms with Crippen molar-refractivity contribution in [3.8, 4) is 0 Å². The minimum atomic E-state index is -0.0973. The largest absolute Gasteiger partial charge is 0.473 e. The molecule has 2 aliphatic carbocycles. The molecule has 6 rings (SSSR count). The normalized spacial score (nSPS) is 35.7. The molecule has 25 heavy (non-hydrogen) atoms. The molecule has 0 aromatic heterocycles. The Morgan fingerprint density at radius 3 is 2.32 bits per heavy atom. The van der Waals surface area contributed by atoms with E-state index in [0.29, 0.717) is 6.04 Å². The summed E-state index contributed by atoms with van der Waals surface area (Å²) in [7, 11) is 0. The highest BCUT2D eigenvalue weighted by Gasteiger charge is 2.43. The van der Waals surface area contributed by atoms with Gasteiger partial charge in [0.2, 0.25) is 0 Å². The van der Waals surface area contributed by atoms with E-state index < -0.39 is 0 Å². The summed E-state index contributed by atoms with van der Waals surface area (Å²) in [6.07, 6.45) is 4.34. The van der Waals surface area contributed by atoms with Crippen LogP contribution in [-0.4, -0.2) is 18.4 Å². The lowest BCUT2D eigenvalue weighted by Crippen LogP contribution is -2.25. The van der Waals surface area contributed by atoms with Gasteiger partial charge < -0.3 is 14.8 Å². The summed E-state index contributed by atoms with van der Waals surface area (Å²) in [5.41, 5.74) is 5.53. The van der Waals surface area contributed by atoms with Crippen LogP contribution in [0.1, 0.15) is 34.3 Å². The van der Waals surface area contributed by atoms with E-state index in [-0.39, 0.29) is 24.5 Å². The van der Waals surface area contributed by atoms with Crippen LogP contribution in [-0.2, 0) is 22.3 Å². The quantitative estimate of drug-likeness (QED) is 0.843. The first kappa shape index (κ1) is 13.9. The second-order valence-corrected chi connectivity index (χ2v) is 7.35. The Morgan fingerprint density at radius 2 is 1.52 bits per heavy atom. The summed E-state index contributed by atoms with van der Waals surface area (Å²) in [5.74, 6) is 0.843. The predicted octanol–water partition coefficient (Wildman–Crippen LogP) is 2.73. The highest BCUT2D eigenvalue weighted by molar-refractivity contribution is 5.39. The minimum Gasteiger partial charge on any atom is -0.473 e. The lowest BCUT2D eigenvalue weighted by atomic mass is 10.1. The topological polar surface area (TPSA) is 42.5 Å². The smallest absolute Gasteiger partial charge is 0.187 e. The summed E-state index contributed by atoms with van der Waals surface area (Å²) in [5, 5.41) is 7.14. The van der Waals surface area contributed by atoms with Crippen LogP contribution < -0.4 is 10.6 Å². The van der Waals surface area contributed by atoms with Crippen molar-refractivity contribution in [2.75, 3.05) is 0 Å². The first-order chi connectivity index (χ1) is 12.3. The Labute approximate surface area is 146 Å². The lowest BCUT2D eigenvalue weighted by Gasteiger charge is -2.12. The average molecular weight is 332 g/mol. The molecule has 2 heterocycles. The summed E-state index contributed by atoms with van der Waals surface area (Å²) in [6.45, 7) is 0. The summed E-state index contributed by atoms with van der Waals surface area (Å²) in [6, 6.07) is 17.8. The van der Waals surface area contributed by atoms with Gasteiger partial charge in [0.05, 0.1) is 18.2 Å². The summed E-state index contributed by atoms with van der Waals surface area (Å²) < 4.78 is 12.4. The molecule has 4 heteroatoms. The second-order valence-electron chi connectivity index (χ2n) is 7.35. The van der Waals surface area contributed by atoms with Crippen LogP contribution in [0, 0.1) is 0 Å². The maximum absolute atomic E-state index is 6.21. The van der Waals surface area contributed by atoms with Gasteiger partial charge in [-0.15, -0.1) is 0 Å². The van der Waals surface area contributed by atoms with Crippen LogP contribution in [0.2, 0.25) is 0 Å². The molecular weight excluding hydrogens is 312 g/mol. The van der Waals surface area contributed by atoms with Gasteiger partial charge in [-0.1, -0.05) is 48.5 Å².